The minimum absolute atomic E-state index is 0.100. The van der Waals surface area contributed by atoms with Crippen molar-refractivity contribution < 1.29 is 14.3 Å². The third kappa shape index (κ3) is 6.76. The van der Waals surface area contributed by atoms with Gasteiger partial charge in [-0.3, -0.25) is 9.59 Å². The molecule has 0 aromatic heterocycles. The van der Waals surface area contributed by atoms with Crippen LogP contribution in [0.25, 0.3) is 0 Å². The number of hydrogen-bond donors (Lipinski definition) is 3. The summed E-state index contributed by atoms with van der Waals surface area (Å²) in [6, 6.07) is 16.7. The standard InChI is InChI=1S/C27H37N3O3S/c1-4-33-23-14-16-27(19-34,17-15-23)26(32)29-24(18-20-8-6-5-7-9-20)25(31)28-21-10-12-22(13-11-21)30(2)3/h5-13,23-24,34H,4,14-19H2,1-3H3,(H,28,31)(H,29,32)/t23?,24-,27?/m0/s1. The third-order valence-electron chi connectivity index (χ3n) is 6.63. The van der Waals surface area contributed by atoms with Gasteiger partial charge in [0.25, 0.3) is 0 Å². The van der Waals surface area contributed by atoms with Crippen LogP contribution in [0, 0.1) is 5.41 Å². The molecule has 1 fully saturated rings. The Balaban J connectivity index is 1.74. The molecule has 1 atom stereocenters. The Morgan fingerprint density at radius 1 is 1.09 bits per heavy atom. The van der Waals surface area contributed by atoms with E-state index in [1.807, 2.05) is 80.5 Å². The van der Waals surface area contributed by atoms with Gasteiger partial charge in [0, 0.05) is 44.3 Å². The maximum Gasteiger partial charge on any atom is 0.247 e. The van der Waals surface area contributed by atoms with Crippen LogP contribution in [0.1, 0.15) is 38.2 Å². The number of ether oxygens (including phenoxy) is 1. The number of nitrogens with zero attached hydrogens (tertiary/aromatic N) is 1. The van der Waals surface area contributed by atoms with Crippen LogP contribution in [0.15, 0.2) is 54.6 Å². The lowest BCUT2D eigenvalue weighted by Crippen LogP contribution is -2.53. The van der Waals surface area contributed by atoms with Crippen LogP contribution in [0.5, 0.6) is 0 Å². The Morgan fingerprint density at radius 3 is 2.29 bits per heavy atom. The molecule has 0 radical (unpaired) electrons. The molecule has 1 aliphatic rings. The molecule has 3 rings (SSSR count). The number of carbonyl (C=O) groups is 2. The fourth-order valence-corrected chi connectivity index (χ4v) is 4.91. The number of hydrogen-bond acceptors (Lipinski definition) is 5. The van der Waals surface area contributed by atoms with E-state index in [4.69, 9.17) is 4.74 Å². The summed E-state index contributed by atoms with van der Waals surface area (Å²) < 4.78 is 5.76. The molecule has 1 aliphatic carbocycles. The predicted molar refractivity (Wildman–Crippen MR) is 142 cm³/mol. The number of amides is 2. The molecule has 34 heavy (non-hydrogen) atoms. The zero-order valence-electron chi connectivity index (χ0n) is 20.4. The second kappa shape index (κ2) is 12.3. The lowest BCUT2D eigenvalue weighted by Gasteiger charge is -2.38. The van der Waals surface area contributed by atoms with Crippen molar-refractivity contribution >= 4 is 35.8 Å². The van der Waals surface area contributed by atoms with Gasteiger partial charge in [-0.25, -0.2) is 0 Å². The van der Waals surface area contributed by atoms with Crippen LogP contribution in [0.2, 0.25) is 0 Å². The molecule has 0 unspecified atom stereocenters. The number of anilines is 2. The largest absolute Gasteiger partial charge is 0.379 e. The number of rotatable bonds is 10. The highest BCUT2D eigenvalue weighted by Gasteiger charge is 2.42. The Kier molecular flexibility index (Phi) is 9.42. The van der Waals surface area contributed by atoms with Gasteiger partial charge in [0.2, 0.25) is 11.8 Å². The van der Waals surface area contributed by atoms with E-state index < -0.39 is 11.5 Å². The molecule has 0 bridgehead atoms. The molecule has 2 N–H and O–H groups in total. The average Bonchev–Trinajstić information content (AvgIpc) is 2.85. The molecular formula is C27H37N3O3S. The Hall–Kier alpha value is -2.51. The predicted octanol–water partition coefficient (Wildman–Crippen LogP) is 4.31. The highest BCUT2D eigenvalue weighted by molar-refractivity contribution is 7.80. The van der Waals surface area contributed by atoms with Crippen molar-refractivity contribution in [2.24, 2.45) is 5.41 Å². The summed E-state index contributed by atoms with van der Waals surface area (Å²) in [5.74, 6) is 0.118. The summed E-state index contributed by atoms with van der Waals surface area (Å²) in [5.41, 5.74) is 2.15. The molecule has 184 valence electrons. The van der Waals surface area contributed by atoms with E-state index >= 15 is 0 Å². The fraction of sp³-hybridized carbons (Fsp3) is 0.481. The lowest BCUT2D eigenvalue weighted by molar-refractivity contribution is -0.136. The van der Waals surface area contributed by atoms with E-state index in [2.05, 4.69) is 23.3 Å². The highest BCUT2D eigenvalue weighted by Crippen LogP contribution is 2.39. The maximum atomic E-state index is 13.5. The normalized spacial score (nSPS) is 20.9. The SMILES string of the molecule is CCOC1CCC(CS)(C(=O)N[C@@H](Cc2ccccc2)C(=O)Nc2ccc(N(C)C)cc2)CC1. The summed E-state index contributed by atoms with van der Waals surface area (Å²) in [5, 5.41) is 6.05. The van der Waals surface area contributed by atoms with E-state index in [0.29, 0.717) is 37.3 Å². The molecule has 2 amide bonds. The van der Waals surface area contributed by atoms with E-state index in [0.717, 1.165) is 24.1 Å². The molecule has 0 saturated heterocycles. The van der Waals surface area contributed by atoms with Crippen molar-refractivity contribution in [1.29, 1.82) is 0 Å². The van der Waals surface area contributed by atoms with E-state index in [1.165, 1.54) is 0 Å². The van der Waals surface area contributed by atoms with Gasteiger partial charge in [0.05, 0.1) is 11.5 Å². The Morgan fingerprint density at radius 2 is 1.74 bits per heavy atom. The van der Waals surface area contributed by atoms with Gasteiger partial charge in [-0.1, -0.05) is 30.3 Å². The summed E-state index contributed by atoms with van der Waals surface area (Å²) in [7, 11) is 3.94. The van der Waals surface area contributed by atoms with Gasteiger partial charge in [-0.05, 0) is 62.4 Å². The van der Waals surface area contributed by atoms with Gasteiger partial charge in [0.15, 0.2) is 0 Å². The van der Waals surface area contributed by atoms with Crippen LogP contribution in [-0.4, -0.2) is 50.4 Å². The van der Waals surface area contributed by atoms with E-state index in [1.54, 1.807) is 0 Å². The summed E-state index contributed by atoms with van der Waals surface area (Å²) in [6.07, 6.45) is 3.68. The smallest absolute Gasteiger partial charge is 0.247 e. The minimum atomic E-state index is -0.690. The maximum absolute atomic E-state index is 13.5. The van der Waals surface area contributed by atoms with Gasteiger partial charge < -0.3 is 20.3 Å². The first-order chi connectivity index (χ1) is 16.4. The topological polar surface area (TPSA) is 70.7 Å². The number of benzene rings is 2. The first kappa shape index (κ1) is 26.1. The second-order valence-corrected chi connectivity index (χ2v) is 9.56. The first-order valence-corrected chi connectivity index (χ1v) is 12.7. The zero-order valence-corrected chi connectivity index (χ0v) is 21.3. The number of carbonyl (C=O) groups excluding carboxylic acids is 2. The monoisotopic (exact) mass is 483 g/mol. The van der Waals surface area contributed by atoms with Gasteiger partial charge in [0.1, 0.15) is 6.04 Å². The molecule has 1 saturated carbocycles. The van der Waals surface area contributed by atoms with Gasteiger partial charge in [-0.2, -0.15) is 12.6 Å². The average molecular weight is 484 g/mol. The summed E-state index contributed by atoms with van der Waals surface area (Å²) in [4.78, 5) is 28.8. The molecule has 0 heterocycles. The second-order valence-electron chi connectivity index (χ2n) is 9.24. The number of thiol groups is 1. The Bertz CT molecular complexity index is 926. The fourth-order valence-electron chi connectivity index (χ4n) is 4.45. The number of nitrogens with one attached hydrogen (secondary N) is 2. The first-order valence-electron chi connectivity index (χ1n) is 12.0. The van der Waals surface area contributed by atoms with Crippen LogP contribution >= 0.6 is 12.6 Å². The van der Waals surface area contributed by atoms with Crippen molar-refractivity contribution in [2.75, 3.05) is 36.7 Å². The summed E-state index contributed by atoms with van der Waals surface area (Å²) >= 11 is 4.54. The van der Waals surface area contributed by atoms with Crippen molar-refractivity contribution in [3.8, 4) is 0 Å². The molecular weight excluding hydrogens is 446 g/mol. The zero-order chi connectivity index (χ0) is 24.6. The molecule has 0 aliphatic heterocycles. The lowest BCUT2D eigenvalue weighted by atomic mass is 9.73. The van der Waals surface area contributed by atoms with Crippen LogP contribution in [0.3, 0.4) is 0 Å². The van der Waals surface area contributed by atoms with Crippen molar-refractivity contribution in [3.05, 3.63) is 60.2 Å². The van der Waals surface area contributed by atoms with Gasteiger partial charge >= 0.3 is 0 Å². The Labute approximate surface area is 208 Å². The third-order valence-corrected chi connectivity index (χ3v) is 7.24. The molecule has 2 aromatic carbocycles. The quantitative estimate of drug-likeness (QED) is 0.441. The van der Waals surface area contributed by atoms with Crippen molar-refractivity contribution in [1.82, 2.24) is 5.32 Å². The van der Waals surface area contributed by atoms with E-state index in [-0.39, 0.29) is 17.9 Å². The highest BCUT2D eigenvalue weighted by atomic mass is 32.1. The molecule has 6 nitrogen and oxygen atoms in total. The van der Waals surface area contributed by atoms with Crippen LogP contribution < -0.4 is 15.5 Å². The van der Waals surface area contributed by atoms with Crippen molar-refractivity contribution in [2.45, 2.75) is 51.2 Å². The van der Waals surface area contributed by atoms with E-state index in [9.17, 15) is 9.59 Å². The molecule has 7 heteroatoms. The van der Waals surface area contributed by atoms with Crippen LogP contribution in [-0.2, 0) is 20.7 Å². The minimum Gasteiger partial charge on any atom is -0.379 e. The molecule has 0 spiro atoms. The van der Waals surface area contributed by atoms with Crippen molar-refractivity contribution in [3.63, 3.8) is 0 Å². The van der Waals surface area contributed by atoms with Gasteiger partial charge in [-0.15, -0.1) is 0 Å². The molecule has 2 aromatic rings. The summed E-state index contributed by atoms with van der Waals surface area (Å²) in [6.45, 7) is 2.67. The van der Waals surface area contributed by atoms with Crippen LogP contribution in [0.4, 0.5) is 11.4 Å².